The van der Waals surface area contributed by atoms with Crippen molar-refractivity contribution >= 4 is 76.6 Å². The molecule has 57 heavy (non-hydrogen) atoms. The lowest BCUT2D eigenvalue weighted by atomic mass is 10.00. The summed E-state index contributed by atoms with van der Waals surface area (Å²) in [5.74, 6) is 0.131. The van der Waals surface area contributed by atoms with Crippen LogP contribution in [0.3, 0.4) is 0 Å². The second-order valence-electron chi connectivity index (χ2n) is 14.7. The molecule has 0 spiro atoms. The summed E-state index contributed by atoms with van der Waals surface area (Å²) in [6, 6.07) is 63.8. The number of H-pyrrole nitrogens is 1. The van der Waals surface area contributed by atoms with Gasteiger partial charge in [0.25, 0.3) is 0 Å². The molecule has 0 bridgehead atoms. The Bertz CT molecular complexity index is 3640. The largest absolute Gasteiger partial charge is 0.323 e. The number of benzene rings is 8. The van der Waals surface area contributed by atoms with Gasteiger partial charge >= 0.3 is 0 Å². The standard InChI is InChI=1S/C51H32N6/c52-50(55-51-53-41-20-7-4-18-40(41)48(54-51)34-15-10-14-33(30-34)31-12-2-1-3-13-31)32-24-26-35(27-25-32)56-44-23-11-19-38-36-16-5-8-21-42(36)57-43-22-9-6-17-37(43)39-28-29-45(56)47(46(38)44)49(39)57/h1-30H,(H2,52,53,54,55). The second kappa shape index (κ2) is 12.1. The number of fused-ring (bicyclic) bond motifs is 7. The van der Waals surface area contributed by atoms with Crippen molar-refractivity contribution in [2.45, 2.75) is 0 Å². The van der Waals surface area contributed by atoms with Crippen molar-refractivity contribution in [1.29, 1.82) is 5.41 Å². The highest BCUT2D eigenvalue weighted by Gasteiger charge is 2.23. The van der Waals surface area contributed by atoms with Gasteiger partial charge in [-0.25, -0.2) is 4.98 Å². The summed E-state index contributed by atoms with van der Waals surface area (Å²) in [5, 5.41) is 17.6. The highest BCUT2D eigenvalue weighted by Crippen LogP contribution is 2.45. The molecule has 2 N–H and O–H groups in total. The number of hydrogen-bond donors (Lipinski definition) is 2. The lowest BCUT2D eigenvalue weighted by molar-refractivity contribution is 1.05. The molecular formula is C51H32N6. The maximum atomic E-state index is 9.14. The Morgan fingerprint density at radius 2 is 1.11 bits per heavy atom. The predicted molar refractivity (Wildman–Crippen MR) is 235 cm³/mol. The summed E-state index contributed by atoms with van der Waals surface area (Å²) in [5.41, 5.74) is 13.0. The van der Waals surface area contributed by atoms with Gasteiger partial charge in [0.15, 0.2) is 5.84 Å². The number of nitrogens with zero attached hydrogens (tertiary/aromatic N) is 4. The smallest absolute Gasteiger partial charge is 0.229 e. The molecule has 6 heteroatoms. The SMILES string of the molecule is N=C(/N=c1/nc(-c2cccc(-c3ccccc3)c2)c2ccccc2[nH]1)c1ccc(-n2c3cccc4c5ccccc5n5c6ccccc6c6ccc2c(c43)c65)cc1. The summed E-state index contributed by atoms with van der Waals surface area (Å²) in [6.45, 7) is 0. The zero-order valence-electron chi connectivity index (χ0n) is 30.6. The van der Waals surface area contributed by atoms with Crippen molar-refractivity contribution in [2.24, 2.45) is 4.99 Å². The second-order valence-corrected chi connectivity index (χ2v) is 14.7. The lowest BCUT2D eigenvalue weighted by Crippen LogP contribution is -2.17. The van der Waals surface area contributed by atoms with E-state index >= 15 is 0 Å². The van der Waals surface area contributed by atoms with Gasteiger partial charge in [0.05, 0.1) is 38.8 Å². The summed E-state index contributed by atoms with van der Waals surface area (Å²) in [7, 11) is 0. The van der Waals surface area contributed by atoms with E-state index in [4.69, 9.17) is 15.4 Å². The summed E-state index contributed by atoms with van der Waals surface area (Å²) in [4.78, 5) is 13.1. The van der Waals surface area contributed by atoms with Crippen LogP contribution in [-0.2, 0) is 0 Å². The first-order valence-electron chi connectivity index (χ1n) is 19.2. The molecular weight excluding hydrogens is 697 g/mol. The van der Waals surface area contributed by atoms with Gasteiger partial charge in [0.1, 0.15) is 0 Å². The number of aromatic nitrogens is 4. The van der Waals surface area contributed by atoms with Crippen LogP contribution >= 0.6 is 0 Å². The third-order valence-corrected chi connectivity index (χ3v) is 11.5. The van der Waals surface area contributed by atoms with E-state index in [1.807, 2.05) is 36.4 Å². The fourth-order valence-electron chi connectivity index (χ4n) is 9.05. The first-order chi connectivity index (χ1) is 28.2. The first kappa shape index (κ1) is 31.5. The molecule has 0 fully saturated rings. The third-order valence-electron chi connectivity index (χ3n) is 11.5. The van der Waals surface area contributed by atoms with Crippen molar-refractivity contribution in [3.8, 4) is 28.1 Å². The molecule has 0 amide bonds. The highest BCUT2D eigenvalue weighted by molar-refractivity contribution is 6.33. The maximum absolute atomic E-state index is 9.14. The monoisotopic (exact) mass is 728 g/mol. The molecule has 0 aliphatic heterocycles. The molecule has 12 aromatic rings. The average Bonchev–Trinajstić information content (AvgIpc) is 3.75. The Hall–Kier alpha value is -7.83. The normalized spacial score (nSPS) is 12.4. The molecule has 0 atom stereocenters. The Morgan fingerprint density at radius 1 is 0.491 bits per heavy atom. The summed E-state index contributed by atoms with van der Waals surface area (Å²) < 4.78 is 4.82. The van der Waals surface area contributed by atoms with E-state index < -0.39 is 0 Å². The Balaban J connectivity index is 0.997. The molecule has 0 aliphatic carbocycles. The van der Waals surface area contributed by atoms with E-state index in [1.165, 1.54) is 48.9 Å². The van der Waals surface area contributed by atoms with Crippen molar-refractivity contribution in [2.75, 3.05) is 0 Å². The molecule has 4 aromatic heterocycles. The van der Waals surface area contributed by atoms with Gasteiger partial charge in [-0.15, -0.1) is 0 Å². The molecule has 0 saturated heterocycles. The average molecular weight is 729 g/mol. The van der Waals surface area contributed by atoms with Crippen LogP contribution in [0.15, 0.2) is 187 Å². The van der Waals surface area contributed by atoms with Crippen molar-refractivity contribution in [3.63, 3.8) is 0 Å². The van der Waals surface area contributed by atoms with E-state index in [-0.39, 0.29) is 5.84 Å². The van der Waals surface area contributed by atoms with E-state index in [0.717, 1.165) is 50.0 Å². The summed E-state index contributed by atoms with van der Waals surface area (Å²) >= 11 is 0. The van der Waals surface area contributed by atoms with Gasteiger partial charge in [0.2, 0.25) is 5.62 Å². The van der Waals surface area contributed by atoms with Crippen molar-refractivity contribution < 1.29 is 0 Å². The van der Waals surface area contributed by atoms with Crippen LogP contribution in [0.1, 0.15) is 5.56 Å². The zero-order chi connectivity index (χ0) is 37.6. The summed E-state index contributed by atoms with van der Waals surface area (Å²) in [6.07, 6.45) is 0. The van der Waals surface area contributed by atoms with Crippen LogP contribution in [0, 0.1) is 5.41 Å². The van der Waals surface area contributed by atoms with Gasteiger partial charge < -0.3 is 14.0 Å². The topological polar surface area (TPSA) is 74.2 Å². The molecule has 6 nitrogen and oxygen atoms in total. The van der Waals surface area contributed by atoms with Crippen LogP contribution in [0.25, 0.3) is 98.9 Å². The first-order valence-corrected chi connectivity index (χ1v) is 19.2. The van der Waals surface area contributed by atoms with Gasteiger partial charge in [-0.3, -0.25) is 5.41 Å². The molecule has 0 radical (unpaired) electrons. The van der Waals surface area contributed by atoms with Gasteiger partial charge in [-0.05, 0) is 77.2 Å². The molecule has 0 aliphatic rings. The fraction of sp³-hybridized carbons (Fsp3) is 0. The Morgan fingerprint density at radius 3 is 1.91 bits per heavy atom. The molecule has 266 valence electrons. The van der Waals surface area contributed by atoms with Gasteiger partial charge in [-0.2, -0.15) is 4.99 Å². The minimum atomic E-state index is 0.131. The van der Waals surface area contributed by atoms with Crippen LogP contribution < -0.4 is 5.62 Å². The number of hydrogen-bond acceptors (Lipinski definition) is 2. The molecule has 8 aromatic carbocycles. The Kier molecular flexibility index (Phi) is 6.68. The number of para-hydroxylation sites is 3. The van der Waals surface area contributed by atoms with Crippen molar-refractivity contribution in [1.82, 2.24) is 18.9 Å². The molecule has 0 saturated carbocycles. The van der Waals surface area contributed by atoms with Crippen LogP contribution in [0.5, 0.6) is 0 Å². The fourth-order valence-corrected chi connectivity index (χ4v) is 9.05. The van der Waals surface area contributed by atoms with E-state index in [1.54, 1.807) is 0 Å². The van der Waals surface area contributed by atoms with E-state index in [2.05, 4.69) is 160 Å². The molecule has 12 rings (SSSR count). The van der Waals surface area contributed by atoms with E-state index in [0.29, 0.717) is 11.2 Å². The minimum absolute atomic E-state index is 0.131. The quantitative estimate of drug-likeness (QED) is 0.137. The molecule has 4 heterocycles. The van der Waals surface area contributed by atoms with Gasteiger partial charge in [0, 0.05) is 49.1 Å². The van der Waals surface area contributed by atoms with Crippen LogP contribution in [0.2, 0.25) is 0 Å². The molecule has 0 unspecified atom stereocenters. The predicted octanol–water partition coefficient (Wildman–Crippen LogP) is 12.1. The third kappa shape index (κ3) is 4.68. The van der Waals surface area contributed by atoms with Gasteiger partial charge in [-0.1, -0.05) is 121 Å². The van der Waals surface area contributed by atoms with Crippen molar-refractivity contribution in [3.05, 3.63) is 193 Å². The number of nitrogens with one attached hydrogen (secondary N) is 2. The number of aromatic amines is 1. The van der Waals surface area contributed by atoms with Crippen LogP contribution in [-0.4, -0.2) is 24.8 Å². The number of rotatable bonds is 4. The number of amidine groups is 1. The zero-order valence-corrected chi connectivity index (χ0v) is 30.6. The maximum Gasteiger partial charge on any atom is 0.229 e. The minimum Gasteiger partial charge on any atom is -0.323 e. The highest BCUT2D eigenvalue weighted by atomic mass is 15.0. The van der Waals surface area contributed by atoms with E-state index in [9.17, 15) is 0 Å². The lowest BCUT2D eigenvalue weighted by Gasteiger charge is -2.10. The van der Waals surface area contributed by atoms with Crippen LogP contribution in [0.4, 0.5) is 0 Å². The Labute approximate surface area is 326 Å².